The van der Waals surface area contributed by atoms with Gasteiger partial charge in [-0.15, -0.1) is 0 Å². The van der Waals surface area contributed by atoms with Gasteiger partial charge in [0.2, 0.25) is 5.91 Å². The predicted molar refractivity (Wildman–Crippen MR) is 103 cm³/mol. The third kappa shape index (κ3) is 6.24. The van der Waals surface area contributed by atoms with Gasteiger partial charge >= 0.3 is 0 Å². The van der Waals surface area contributed by atoms with Crippen LogP contribution < -0.4 is 10.1 Å². The van der Waals surface area contributed by atoms with Crippen LogP contribution in [0.15, 0.2) is 48.5 Å². The zero-order valence-corrected chi connectivity index (χ0v) is 15.6. The van der Waals surface area contributed by atoms with Crippen molar-refractivity contribution >= 4 is 17.5 Å². The van der Waals surface area contributed by atoms with Crippen LogP contribution in [0.1, 0.15) is 24.5 Å². The number of carbonyl (C=O) groups excluding carboxylic acids is 2. The second-order valence-corrected chi connectivity index (χ2v) is 6.33. The van der Waals surface area contributed by atoms with E-state index in [1.165, 1.54) is 5.56 Å². The molecule has 0 spiro atoms. The summed E-state index contributed by atoms with van der Waals surface area (Å²) < 4.78 is 5.56. The highest BCUT2D eigenvalue weighted by Gasteiger charge is 2.07. The lowest BCUT2D eigenvalue weighted by Gasteiger charge is -2.11. The molecule has 0 saturated heterocycles. The van der Waals surface area contributed by atoms with Crippen LogP contribution >= 0.6 is 0 Å². The minimum atomic E-state index is -0.214. The molecular formula is C21H26N2O3. The lowest BCUT2D eigenvalue weighted by molar-refractivity contribution is -0.128. The Kier molecular flexibility index (Phi) is 7.21. The molecule has 2 rings (SSSR count). The first-order valence-electron chi connectivity index (χ1n) is 8.78. The van der Waals surface area contributed by atoms with Gasteiger partial charge in [-0.25, -0.2) is 0 Å². The van der Waals surface area contributed by atoms with E-state index in [9.17, 15) is 9.59 Å². The highest BCUT2D eigenvalue weighted by Crippen LogP contribution is 2.15. The molecule has 138 valence electrons. The first-order valence-corrected chi connectivity index (χ1v) is 8.78. The number of ether oxygens (including phenoxy) is 1. The first-order chi connectivity index (χ1) is 12.5. The Labute approximate surface area is 155 Å². The zero-order chi connectivity index (χ0) is 18.9. The van der Waals surface area contributed by atoms with Crippen LogP contribution in [0.2, 0.25) is 0 Å². The fourth-order valence-corrected chi connectivity index (χ4v) is 2.48. The number of amides is 2. The van der Waals surface area contributed by atoms with E-state index in [4.69, 9.17) is 4.74 Å². The third-order valence-corrected chi connectivity index (χ3v) is 4.01. The highest BCUT2D eigenvalue weighted by atomic mass is 16.5. The van der Waals surface area contributed by atoms with E-state index in [1.807, 2.05) is 48.5 Å². The van der Waals surface area contributed by atoms with Crippen molar-refractivity contribution in [2.45, 2.75) is 26.2 Å². The number of hydrogen-bond donors (Lipinski definition) is 1. The summed E-state index contributed by atoms with van der Waals surface area (Å²) in [5.41, 5.74) is 2.88. The number of hydrogen-bond acceptors (Lipinski definition) is 3. The van der Waals surface area contributed by atoms with Crippen LogP contribution in [0.4, 0.5) is 5.69 Å². The number of carbonyl (C=O) groups is 2. The number of aryl methyl sites for hydroxylation is 2. The maximum atomic E-state index is 12.1. The summed E-state index contributed by atoms with van der Waals surface area (Å²) in [6.45, 7) is 2.03. The van der Waals surface area contributed by atoms with Crippen LogP contribution in [-0.4, -0.2) is 37.4 Å². The van der Waals surface area contributed by atoms with Gasteiger partial charge in [0.05, 0.1) is 0 Å². The molecule has 5 heteroatoms. The molecule has 0 heterocycles. The molecule has 0 fully saturated rings. The van der Waals surface area contributed by atoms with Crippen molar-refractivity contribution in [1.29, 1.82) is 0 Å². The van der Waals surface area contributed by atoms with Crippen molar-refractivity contribution in [3.8, 4) is 5.75 Å². The molecule has 0 atom stereocenters. The Bertz CT molecular complexity index is 756. The average molecular weight is 354 g/mol. The monoisotopic (exact) mass is 354 g/mol. The van der Waals surface area contributed by atoms with E-state index in [0.717, 1.165) is 12.0 Å². The van der Waals surface area contributed by atoms with Crippen molar-refractivity contribution < 1.29 is 14.3 Å². The van der Waals surface area contributed by atoms with Gasteiger partial charge in [0.1, 0.15) is 5.75 Å². The van der Waals surface area contributed by atoms with Gasteiger partial charge in [0.25, 0.3) is 5.91 Å². The second kappa shape index (κ2) is 9.61. The number of benzene rings is 2. The molecule has 26 heavy (non-hydrogen) atoms. The quantitative estimate of drug-likeness (QED) is 0.791. The smallest absolute Gasteiger partial charge is 0.262 e. The molecule has 0 radical (unpaired) electrons. The zero-order valence-electron chi connectivity index (χ0n) is 15.6. The van der Waals surface area contributed by atoms with Gasteiger partial charge in [-0.05, 0) is 48.2 Å². The van der Waals surface area contributed by atoms with Crippen molar-refractivity contribution in [2.24, 2.45) is 0 Å². The predicted octanol–water partition coefficient (Wildman–Crippen LogP) is 3.29. The highest BCUT2D eigenvalue weighted by molar-refractivity contribution is 5.92. The lowest BCUT2D eigenvalue weighted by Crippen LogP contribution is -2.22. The molecular weight excluding hydrogens is 328 g/mol. The normalized spacial score (nSPS) is 10.3. The van der Waals surface area contributed by atoms with Gasteiger partial charge in [-0.2, -0.15) is 0 Å². The molecule has 0 bridgehead atoms. The van der Waals surface area contributed by atoms with Crippen LogP contribution in [0.3, 0.4) is 0 Å². The average Bonchev–Trinajstić information content (AvgIpc) is 2.64. The van der Waals surface area contributed by atoms with Gasteiger partial charge in [-0.3, -0.25) is 9.59 Å². The fourth-order valence-electron chi connectivity index (χ4n) is 2.48. The van der Waals surface area contributed by atoms with E-state index >= 15 is 0 Å². The second-order valence-electron chi connectivity index (χ2n) is 6.33. The van der Waals surface area contributed by atoms with Gasteiger partial charge in [0, 0.05) is 26.2 Å². The van der Waals surface area contributed by atoms with E-state index < -0.39 is 0 Å². The summed E-state index contributed by atoms with van der Waals surface area (Å²) in [7, 11) is 3.49. The number of nitrogens with one attached hydrogen (secondary N) is 1. The molecule has 0 aliphatic carbocycles. The molecule has 0 unspecified atom stereocenters. The molecule has 0 aromatic heterocycles. The molecule has 0 aliphatic rings. The van der Waals surface area contributed by atoms with Gasteiger partial charge in [0.15, 0.2) is 6.61 Å². The van der Waals surface area contributed by atoms with Crippen LogP contribution in [0, 0.1) is 0 Å². The molecule has 2 aromatic rings. The summed E-state index contributed by atoms with van der Waals surface area (Å²) >= 11 is 0. The van der Waals surface area contributed by atoms with Gasteiger partial charge < -0.3 is 15.0 Å². The summed E-state index contributed by atoms with van der Waals surface area (Å²) in [6.07, 6.45) is 2.01. The van der Waals surface area contributed by atoms with E-state index in [1.54, 1.807) is 19.0 Å². The number of nitrogens with zero attached hydrogens (tertiary/aromatic N) is 1. The Hall–Kier alpha value is -2.82. The molecule has 2 aromatic carbocycles. The molecule has 2 amide bonds. The minimum absolute atomic E-state index is 0.0451. The summed E-state index contributed by atoms with van der Waals surface area (Å²) in [6, 6.07) is 15.3. The Balaban J connectivity index is 1.86. The number of anilines is 1. The topological polar surface area (TPSA) is 58.6 Å². The van der Waals surface area contributed by atoms with Crippen molar-refractivity contribution in [3.63, 3.8) is 0 Å². The molecule has 5 nitrogen and oxygen atoms in total. The third-order valence-electron chi connectivity index (χ3n) is 4.01. The van der Waals surface area contributed by atoms with E-state index in [-0.39, 0.29) is 18.4 Å². The first kappa shape index (κ1) is 19.5. The van der Waals surface area contributed by atoms with E-state index in [2.05, 4.69) is 12.2 Å². The Morgan fingerprint density at radius 2 is 1.77 bits per heavy atom. The van der Waals surface area contributed by atoms with Crippen LogP contribution in [0.25, 0.3) is 0 Å². The summed E-state index contributed by atoms with van der Waals surface area (Å²) in [4.78, 5) is 25.4. The van der Waals surface area contributed by atoms with Crippen LogP contribution in [-0.2, 0) is 22.4 Å². The molecule has 1 N–H and O–H groups in total. The standard InChI is InChI=1S/C21H26N2O3/c1-4-16-7-6-10-19(14-16)26-15-20(24)22-18-9-5-8-17(13-18)11-12-21(25)23(2)3/h5-10,13-14H,4,11-12,15H2,1-3H3,(H,22,24). The minimum Gasteiger partial charge on any atom is -0.484 e. The number of rotatable bonds is 8. The SMILES string of the molecule is CCc1cccc(OCC(=O)Nc2cccc(CCC(=O)N(C)C)c2)c1. The maximum Gasteiger partial charge on any atom is 0.262 e. The van der Waals surface area contributed by atoms with Crippen LogP contribution in [0.5, 0.6) is 5.75 Å². The van der Waals surface area contributed by atoms with E-state index in [0.29, 0.717) is 24.3 Å². The fraction of sp³-hybridized carbons (Fsp3) is 0.333. The Morgan fingerprint density at radius 3 is 2.50 bits per heavy atom. The van der Waals surface area contributed by atoms with Crippen molar-refractivity contribution in [3.05, 3.63) is 59.7 Å². The Morgan fingerprint density at radius 1 is 1.04 bits per heavy atom. The molecule has 0 aliphatic heterocycles. The van der Waals surface area contributed by atoms with Gasteiger partial charge in [-0.1, -0.05) is 31.2 Å². The van der Waals surface area contributed by atoms with Crippen molar-refractivity contribution in [2.75, 3.05) is 26.0 Å². The lowest BCUT2D eigenvalue weighted by atomic mass is 10.1. The summed E-state index contributed by atoms with van der Waals surface area (Å²) in [5, 5.41) is 2.83. The largest absolute Gasteiger partial charge is 0.484 e. The maximum absolute atomic E-state index is 12.1. The van der Waals surface area contributed by atoms with Crippen molar-refractivity contribution in [1.82, 2.24) is 4.90 Å². The summed E-state index contributed by atoms with van der Waals surface area (Å²) in [5.74, 6) is 0.561. The molecule has 0 saturated carbocycles.